The molecule has 2 heterocycles. The van der Waals surface area contributed by atoms with Crippen molar-refractivity contribution >= 4 is 5.78 Å². The number of ketones is 1. The molecule has 0 radical (unpaired) electrons. The Bertz CT molecular complexity index is 1180. The number of aliphatic hydroxyl groups is 1. The molecule has 3 aromatic rings. The molecule has 6 heteroatoms. The van der Waals surface area contributed by atoms with Crippen LogP contribution in [-0.2, 0) is 23.2 Å². The van der Waals surface area contributed by atoms with Gasteiger partial charge < -0.3 is 5.11 Å². The van der Waals surface area contributed by atoms with E-state index in [0.717, 1.165) is 46.5 Å². The Kier molecular flexibility index (Phi) is 4.71. The summed E-state index contributed by atoms with van der Waals surface area (Å²) in [5.74, 6) is -0.695. The van der Waals surface area contributed by atoms with Crippen molar-refractivity contribution in [1.82, 2.24) is 15.2 Å². The molecule has 0 bridgehead atoms. The fourth-order valence-corrected chi connectivity index (χ4v) is 5.83. The van der Waals surface area contributed by atoms with Crippen LogP contribution in [0.4, 0.5) is 0 Å². The van der Waals surface area contributed by atoms with Crippen molar-refractivity contribution in [2.45, 2.75) is 38.2 Å². The van der Waals surface area contributed by atoms with Crippen LogP contribution < -0.4 is 0 Å². The number of rotatable bonds is 3. The number of fused-ring (bicyclic) bond motifs is 3. The van der Waals surface area contributed by atoms with E-state index in [1.54, 1.807) is 12.4 Å². The summed E-state index contributed by atoms with van der Waals surface area (Å²) < 4.78 is 0. The van der Waals surface area contributed by atoms with E-state index >= 15 is 0 Å². The quantitative estimate of drug-likeness (QED) is 0.685. The highest BCUT2D eigenvalue weighted by molar-refractivity contribution is 5.87. The van der Waals surface area contributed by atoms with Crippen LogP contribution in [0, 0.1) is 29.1 Å². The Labute approximate surface area is 181 Å². The van der Waals surface area contributed by atoms with Gasteiger partial charge in [-0.3, -0.25) is 14.9 Å². The van der Waals surface area contributed by atoms with Crippen molar-refractivity contribution < 1.29 is 9.90 Å². The lowest BCUT2D eigenvalue weighted by atomic mass is 9.51. The molecule has 2 N–H and O–H groups in total. The summed E-state index contributed by atoms with van der Waals surface area (Å²) in [7, 11) is 0. The van der Waals surface area contributed by atoms with Gasteiger partial charge in [0.2, 0.25) is 0 Å². The molecule has 0 aliphatic heterocycles. The summed E-state index contributed by atoms with van der Waals surface area (Å²) in [6.07, 6.45) is 5.54. The average molecular weight is 412 g/mol. The second kappa shape index (κ2) is 7.44. The minimum Gasteiger partial charge on any atom is -0.392 e. The lowest BCUT2D eigenvalue weighted by Crippen LogP contribution is -2.52. The van der Waals surface area contributed by atoms with Gasteiger partial charge in [0, 0.05) is 34.9 Å². The van der Waals surface area contributed by atoms with Gasteiger partial charge in [0.25, 0.3) is 0 Å². The zero-order valence-corrected chi connectivity index (χ0v) is 17.4. The maximum absolute atomic E-state index is 12.9. The van der Waals surface area contributed by atoms with Gasteiger partial charge in [0.05, 0.1) is 24.1 Å². The van der Waals surface area contributed by atoms with Crippen molar-refractivity contribution in [2.75, 3.05) is 0 Å². The number of pyridine rings is 1. The van der Waals surface area contributed by atoms with Crippen molar-refractivity contribution in [3.63, 3.8) is 0 Å². The lowest BCUT2D eigenvalue weighted by molar-refractivity contribution is -0.131. The number of Topliss-reactive ketones (excluding diaryl/α,β-unsaturated/α-hetero) is 1. The summed E-state index contributed by atoms with van der Waals surface area (Å²) >= 11 is 0. The maximum atomic E-state index is 12.9. The zero-order valence-electron chi connectivity index (χ0n) is 17.4. The first-order chi connectivity index (χ1) is 15.1. The molecule has 2 aliphatic carbocycles. The molecule has 1 fully saturated rings. The van der Waals surface area contributed by atoms with Crippen LogP contribution in [0.1, 0.15) is 42.1 Å². The number of aromatic nitrogens is 3. The average Bonchev–Trinajstić information content (AvgIpc) is 3.27. The summed E-state index contributed by atoms with van der Waals surface area (Å²) in [6.45, 7) is 1.90. The van der Waals surface area contributed by atoms with Gasteiger partial charge in [-0.1, -0.05) is 37.3 Å². The third-order valence-electron chi connectivity index (χ3n) is 7.26. The monoisotopic (exact) mass is 412 g/mol. The van der Waals surface area contributed by atoms with Crippen molar-refractivity contribution in [2.24, 2.45) is 17.8 Å². The van der Waals surface area contributed by atoms with Crippen LogP contribution in [0.5, 0.6) is 0 Å². The Morgan fingerprint density at radius 1 is 1.29 bits per heavy atom. The van der Waals surface area contributed by atoms with Gasteiger partial charge in [0.1, 0.15) is 5.92 Å². The van der Waals surface area contributed by atoms with Crippen molar-refractivity contribution in [1.29, 1.82) is 5.26 Å². The molecule has 6 nitrogen and oxygen atoms in total. The first kappa shape index (κ1) is 19.7. The fourth-order valence-electron chi connectivity index (χ4n) is 5.83. The van der Waals surface area contributed by atoms with E-state index in [4.69, 9.17) is 5.10 Å². The molecular weight excluding hydrogens is 388 g/mol. The number of aromatic amines is 1. The second-order valence-electron chi connectivity index (χ2n) is 8.73. The lowest BCUT2D eigenvalue weighted by Gasteiger charge is -2.50. The van der Waals surface area contributed by atoms with E-state index in [9.17, 15) is 15.2 Å². The number of carbonyl (C=O) groups is 1. The topological polar surface area (TPSA) is 103 Å². The summed E-state index contributed by atoms with van der Waals surface area (Å²) in [5, 5.41) is 27.4. The maximum Gasteiger partial charge on any atom is 0.153 e. The van der Waals surface area contributed by atoms with Crippen LogP contribution in [-0.4, -0.2) is 26.1 Å². The van der Waals surface area contributed by atoms with Crippen LogP contribution in [0.25, 0.3) is 11.3 Å². The number of aliphatic hydroxyl groups excluding tert-OH is 1. The summed E-state index contributed by atoms with van der Waals surface area (Å²) in [5.41, 5.74) is 5.23. The van der Waals surface area contributed by atoms with Crippen molar-refractivity contribution in [3.05, 3.63) is 71.2 Å². The SMILES string of the molecule is C[C@@H]1C(=O)C(C#N)C[C@]2(c3ccccc3)c3n[nH]c(-c4cncc(CO)c4)c3CC[C@@H]12. The fraction of sp³-hybridized carbons (Fsp3) is 0.360. The number of nitrogens with one attached hydrogen (secondary N) is 1. The van der Waals surface area contributed by atoms with E-state index in [-0.39, 0.29) is 24.2 Å². The molecule has 4 atom stereocenters. The zero-order chi connectivity index (χ0) is 21.6. The molecule has 1 aromatic carbocycles. The minimum atomic E-state index is -0.642. The first-order valence-corrected chi connectivity index (χ1v) is 10.7. The Morgan fingerprint density at radius 3 is 2.84 bits per heavy atom. The Balaban J connectivity index is 1.73. The third kappa shape index (κ3) is 2.84. The molecule has 156 valence electrons. The largest absolute Gasteiger partial charge is 0.392 e. The predicted molar refractivity (Wildman–Crippen MR) is 115 cm³/mol. The number of carbonyl (C=O) groups excluding carboxylic acids is 1. The molecular formula is C25H24N4O2. The normalized spacial score (nSPS) is 27.3. The highest BCUT2D eigenvalue weighted by Gasteiger charge is 2.56. The highest BCUT2D eigenvalue weighted by atomic mass is 16.3. The molecule has 1 unspecified atom stereocenters. The number of hydrogen-bond donors (Lipinski definition) is 2. The van der Waals surface area contributed by atoms with Gasteiger partial charge in [-0.05, 0) is 42.4 Å². The number of benzene rings is 1. The Hall–Kier alpha value is -3.30. The van der Waals surface area contributed by atoms with Crippen molar-refractivity contribution in [3.8, 4) is 17.3 Å². The molecule has 2 aromatic heterocycles. The Morgan fingerprint density at radius 2 is 2.10 bits per heavy atom. The number of hydrogen-bond acceptors (Lipinski definition) is 5. The number of nitrogens with zero attached hydrogens (tertiary/aromatic N) is 3. The third-order valence-corrected chi connectivity index (χ3v) is 7.26. The molecule has 0 spiro atoms. The van der Waals surface area contributed by atoms with Gasteiger partial charge >= 0.3 is 0 Å². The van der Waals surface area contributed by atoms with E-state index < -0.39 is 11.3 Å². The molecule has 2 aliphatic rings. The number of nitriles is 1. The predicted octanol–water partition coefficient (Wildman–Crippen LogP) is 3.56. The van der Waals surface area contributed by atoms with Crippen LogP contribution >= 0.6 is 0 Å². The standard InChI is InChI=1S/C25H24N4O2/c1-15-21-8-7-20-22(17-9-16(14-30)12-27-13-17)28-29-24(20)25(21,10-18(11-26)23(15)31)19-5-3-2-4-6-19/h2-6,9,12-13,15,18,21,30H,7-8,10,14H2,1H3,(H,28,29)/t15-,18?,21-,25+/m0/s1. The van der Waals surface area contributed by atoms with E-state index in [1.807, 2.05) is 31.2 Å². The number of H-pyrrole nitrogens is 1. The van der Waals surface area contributed by atoms with Gasteiger partial charge in [-0.25, -0.2) is 0 Å². The second-order valence-corrected chi connectivity index (χ2v) is 8.73. The summed E-state index contributed by atoms with van der Waals surface area (Å²) in [4.78, 5) is 17.2. The first-order valence-electron chi connectivity index (χ1n) is 10.7. The van der Waals surface area contributed by atoms with E-state index in [0.29, 0.717) is 6.42 Å². The molecule has 0 amide bonds. The van der Waals surface area contributed by atoms with E-state index in [1.165, 1.54) is 0 Å². The van der Waals surface area contributed by atoms with Gasteiger partial charge in [-0.2, -0.15) is 10.4 Å². The molecule has 5 rings (SSSR count). The highest BCUT2D eigenvalue weighted by Crippen LogP contribution is 2.56. The van der Waals surface area contributed by atoms with E-state index in [2.05, 4.69) is 28.3 Å². The van der Waals surface area contributed by atoms with Crippen LogP contribution in [0.3, 0.4) is 0 Å². The smallest absolute Gasteiger partial charge is 0.153 e. The molecule has 31 heavy (non-hydrogen) atoms. The van der Waals surface area contributed by atoms with Crippen LogP contribution in [0.2, 0.25) is 0 Å². The minimum absolute atomic E-state index is 0.0538. The molecule has 1 saturated carbocycles. The summed E-state index contributed by atoms with van der Waals surface area (Å²) in [6, 6.07) is 14.4. The van der Waals surface area contributed by atoms with Gasteiger partial charge in [-0.15, -0.1) is 0 Å². The van der Waals surface area contributed by atoms with Crippen LogP contribution in [0.15, 0.2) is 48.8 Å². The van der Waals surface area contributed by atoms with Gasteiger partial charge in [0.15, 0.2) is 5.78 Å². The molecule has 0 saturated heterocycles.